The third-order valence-corrected chi connectivity index (χ3v) is 5.46. The van der Waals surface area contributed by atoms with Crippen molar-refractivity contribution in [1.82, 2.24) is 25.3 Å². The predicted octanol–water partition coefficient (Wildman–Crippen LogP) is -0.738. The smallest absolute Gasteiger partial charge is 0.548 e. The molecule has 0 fully saturated rings. The molecule has 0 spiro atoms. The maximum Gasteiger partial charge on any atom is 1.00 e. The maximum atomic E-state index is 15.5. The molecule has 0 atom stereocenters. The van der Waals surface area contributed by atoms with Gasteiger partial charge in [0, 0.05) is 41.8 Å². The minimum atomic E-state index is -1.31. The molecule has 0 radical (unpaired) electrons. The van der Waals surface area contributed by atoms with Gasteiger partial charge in [0.2, 0.25) is 5.95 Å². The maximum absolute atomic E-state index is 15.5. The third kappa shape index (κ3) is 5.48. The number of urea groups is 1. The van der Waals surface area contributed by atoms with Crippen LogP contribution >= 0.6 is 11.3 Å². The summed E-state index contributed by atoms with van der Waals surface area (Å²) in [5, 5.41) is 18.5. The second-order valence-corrected chi connectivity index (χ2v) is 7.70. The van der Waals surface area contributed by atoms with Gasteiger partial charge in [-0.05, 0) is 25.1 Å². The van der Waals surface area contributed by atoms with Crippen LogP contribution in [0.15, 0.2) is 42.9 Å². The number of amides is 2. The SMILES string of the molecule is CCNC(=O)Nc1nc2c(F)c(-c3cnc(NCC(=O)[O-])nc3)cc(-c3ccccn3)c2s1.[Li+]. The van der Waals surface area contributed by atoms with Gasteiger partial charge in [-0.3, -0.25) is 10.3 Å². The topological polar surface area (TPSA) is 145 Å². The number of anilines is 2. The van der Waals surface area contributed by atoms with Gasteiger partial charge in [-0.1, -0.05) is 17.4 Å². The van der Waals surface area contributed by atoms with Crippen LogP contribution in [0.2, 0.25) is 0 Å². The molecule has 13 heteroatoms. The van der Waals surface area contributed by atoms with Crippen molar-refractivity contribution < 1.29 is 37.9 Å². The fourth-order valence-electron chi connectivity index (χ4n) is 3.04. The number of fused-ring (bicyclic) bond motifs is 1. The average Bonchev–Trinajstić information content (AvgIpc) is 3.23. The minimum Gasteiger partial charge on any atom is -0.548 e. The number of benzene rings is 1. The van der Waals surface area contributed by atoms with Crippen molar-refractivity contribution in [2.24, 2.45) is 0 Å². The molecule has 0 bridgehead atoms. The predicted molar refractivity (Wildman–Crippen MR) is 120 cm³/mol. The Morgan fingerprint density at radius 2 is 1.91 bits per heavy atom. The molecule has 4 aromatic rings. The first-order valence-corrected chi connectivity index (χ1v) is 10.6. The zero-order chi connectivity index (χ0) is 23.4. The summed E-state index contributed by atoms with van der Waals surface area (Å²) in [6, 6.07) is 6.56. The van der Waals surface area contributed by atoms with E-state index in [0.29, 0.717) is 28.1 Å². The molecule has 4 rings (SSSR count). The van der Waals surface area contributed by atoms with Gasteiger partial charge in [0.1, 0.15) is 5.52 Å². The second-order valence-electron chi connectivity index (χ2n) is 6.70. The molecule has 0 aliphatic rings. The summed E-state index contributed by atoms with van der Waals surface area (Å²) in [6.45, 7) is 1.76. The molecule has 0 saturated heterocycles. The van der Waals surface area contributed by atoms with Gasteiger partial charge in [0.15, 0.2) is 10.9 Å². The Hall–Kier alpha value is -3.59. The van der Waals surface area contributed by atoms with Crippen LogP contribution in [0.4, 0.5) is 20.3 Å². The molecule has 1 aromatic carbocycles. The number of aliphatic carboxylic acids is 1. The van der Waals surface area contributed by atoms with Crippen molar-refractivity contribution in [3.8, 4) is 22.4 Å². The molecular formula is C21H17FLiN7O3S. The van der Waals surface area contributed by atoms with E-state index in [4.69, 9.17) is 0 Å². The normalized spacial score (nSPS) is 10.4. The number of carbonyl (C=O) groups excluding carboxylic acids is 2. The number of nitrogens with zero attached hydrogens (tertiary/aromatic N) is 4. The fourth-order valence-corrected chi connectivity index (χ4v) is 4.02. The molecular weight excluding hydrogens is 456 g/mol. The van der Waals surface area contributed by atoms with E-state index < -0.39 is 24.4 Å². The van der Waals surface area contributed by atoms with E-state index in [1.54, 1.807) is 31.3 Å². The van der Waals surface area contributed by atoms with Gasteiger partial charge >= 0.3 is 24.9 Å². The molecule has 0 aliphatic heterocycles. The zero-order valence-electron chi connectivity index (χ0n) is 18.3. The van der Waals surface area contributed by atoms with Gasteiger partial charge in [-0.2, -0.15) is 0 Å². The molecule has 0 saturated carbocycles. The summed E-state index contributed by atoms with van der Waals surface area (Å²) in [5.41, 5.74) is 1.85. The number of rotatable bonds is 7. The molecule has 3 N–H and O–H groups in total. The molecule has 34 heavy (non-hydrogen) atoms. The standard InChI is InChI=1S/C21H18FN7O3S.Li/c1-2-23-20(32)29-21-28-17-16(22)12(11-8-25-19(26-9-11)27-10-15(30)31)7-13(18(17)33-21)14-5-3-4-6-24-14;/h3-9H,2,10H2,1H3,(H,30,31)(H,25,26,27)(H2,23,28,29,32);/q;+1/p-1. The Morgan fingerprint density at radius 3 is 2.56 bits per heavy atom. The van der Waals surface area contributed by atoms with Crippen LogP contribution in [0, 0.1) is 5.82 Å². The molecule has 0 unspecified atom stereocenters. The average molecular weight is 473 g/mol. The van der Waals surface area contributed by atoms with Crippen LogP contribution in [0.5, 0.6) is 0 Å². The van der Waals surface area contributed by atoms with Crippen LogP contribution in [0.3, 0.4) is 0 Å². The van der Waals surface area contributed by atoms with Crippen molar-refractivity contribution in [3.05, 3.63) is 48.7 Å². The van der Waals surface area contributed by atoms with E-state index in [-0.39, 0.29) is 41.0 Å². The Morgan fingerprint density at radius 1 is 1.15 bits per heavy atom. The zero-order valence-corrected chi connectivity index (χ0v) is 19.1. The minimum absolute atomic E-state index is 0. The van der Waals surface area contributed by atoms with E-state index in [9.17, 15) is 14.7 Å². The van der Waals surface area contributed by atoms with Gasteiger partial charge in [-0.15, -0.1) is 0 Å². The number of halogens is 1. The van der Waals surface area contributed by atoms with Gasteiger partial charge < -0.3 is 20.5 Å². The largest absolute Gasteiger partial charge is 1.00 e. The Balaban J connectivity index is 0.00000324. The molecule has 3 aromatic heterocycles. The van der Waals surface area contributed by atoms with Gasteiger partial charge in [-0.25, -0.2) is 24.1 Å². The third-order valence-electron chi connectivity index (χ3n) is 4.46. The first-order chi connectivity index (χ1) is 16.0. The van der Waals surface area contributed by atoms with Crippen LogP contribution in [-0.2, 0) is 4.79 Å². The summed E-state index contributed by atoms with van der Waals surface area (Å²) in [4.78, 5) is 39.2. The summed E-state index contributed by atoms with van der Waals surface area (Å²) >= 11 is 1.14. The Bertz CT molecular complexity index is 1320. The van der Waals surface area contributed by atoms with Crippen LogP contribution < -0.4 is 39.9 Å². The number of hydrogen-bond acceptors (Lipinski definition) is 9. The van der Waals surface area contributed by atoms with E-state index in [1.165, 1.54) is 12.4 Å². The molecule has 0 aliphatic carbocycles. The van der Waals surface area contributed by atoms with Crippen molar-refractivity contribution >= 4 is 44.6 Å². The van der Waals surface area contributed by atoms with Crippen LogP contribution in [-0.4, -0.2) is 45.0 Å². The van der Waals surface area contributed by atoms with Crippen molar-refractivity contribution in [2.45, 2.75) is 6.92 Å². The Labute approximate surface area is 209 Å². The molecule has 2 amide bonds. The summed E-state index contributed by atoms with van der Waals surface area (Å²) in [6.07, 6.45) is 4.37. The fraction of sp³-hybridized carbons (Fsp3) is 0.143. The first-order valence-electron chi connectivity index (χ1n) is 9.81. The number of pyridine rings is 1. The first kappa shape index (κ1) is 25.0. The number of carbonyl (C=O) groups is 2. The van der Waals surface area contributed by atoms with E-state index in [2.05, 4.69) is 35.9 Å². The molecule has 168 valence electrons. The molecule has 10 nitrogen and oxygen atoms in total. The summed E-state index contributed by atoms with van der Waals surface area (Å²) in [7, 11) is 0. The number of carboxylic acid groups (broad SMARTS) is 1. The van der Waals surface area contributed by atoms with E-state index in [0.717, 1.165) is 11.3 Å². The van der Waals surface area contributed by atoms with Gasteiger partial charge in [0.25, 0.3) is 0 Å². The number of carboxylic acids is 1. The van der Waals surface area contributed by atoms with Crippen LogP contribution in [0.25, 0.3) is 32.6 Å². The number of thiazole rings is 1. The monoisotopic (exact) mass is 473 g/mol. The van der Waals surface area contributed by atoms with Crippen molar-refractivity contribution in [1.29, 1.82) is 0 Å². The quantitative estimate of drug-likeness (QED) is 0.298. The second kappa shape index (κ2) is 11.0. The summed E-state index contributed by atoms with van der Waals surface area (Å²) < 4.78 is 16.1. The van der Waals surface area contributed by atoms with E-state index in [1.807, 2.05) is 6.07 Å². The van der Waals surface area contributed by atoms with Crippen molar-refractivity contribution in [2.75, 3.05) is 23.7 Å². The Kier molecular flexibility index (Phi) is 8.11. The number of aromatic nitrogens is 4. The molecule has 3 heterocycles. The number of hydrogen-bond donors (Lipinski definition) is 3. The number of nitrogens with one attached hydrogen (secondary N) is 3. The van der Waals surface area contributed by atoms with Crippen LogP contribution in [0.1, 0.15) is 6.92 Å². The van der Waals surface area contributed by atoms with Crippen molar-refractivity contribution in [3.63, 3.8) is 0 Å². The van der Waals surface area contributed by atoms with E-state index >= 15 is 4.39 Å². The summed E-state index contributed by atoms with van der Waals surface area (Å²) in [5.74, 6) is -1.85. The van der Waals surface area contributed by atoms with Gasteiger partial charge in [0.05, 0.1) is 22.9 Å².